The van der Waals surface area contributed by atoms with E-state index in [-0.39, 0.29) is 12.2 Å². The highest BCUT2D eigenvalue weighted by atomic mass is 16.6. The van der Waals surface area contributed by atoms with Crippen LogP contribution < -0.4 is 0 Å². The first-order valence-electron chi connectivity index (χ1n) is 6.42. The third kappa shape index (κ3) is 2.34. The number of amides is 1. The Labute approximate surface area is 106 Å². The summed E-state index contributed by atoms with van der Waals surface area (Å²) in [7, 11) is 0. The Hall–Kier alpha value is -1.55. The van der Waals surface area contributed by atoms with Gasteiger partial charge in [0.2, 0.25) is 0 Å². The van der Waals surface area contributed by atoms with E-state index >= 15 is 0 Å². The average Bonchev–Trinajstić information content (AvgIpc) is 2.72. The maximum Gasteiger partial charge on any atom is 0.410 e. The van der Waals surface area contributed by atoms with Crippen molar-refractivity contribution in [2.75, 3.05) is 13.2 Å². The van der Waals surface area contributed by atoms with Crippen LogP contribution in [0, 0.1) is 0 Å². The van der Waals surface area contributed by atoms with E-state index in [4.69, 9.17) is 9.47 Å². The quantitative estimate of drug-likeness (QED) is 0.804. The van der Waals surface area contributed by atoms with Crippen molar-refractivity contribution in [2.24, 2.45) is 0 Å². The van der Waals surface area contributed by atoms with Gasteiger partial charge in [-0.3, -0.25) is 0 Å². The van der Waals surface area contributed by atoms with E-state index in [1.54, 1.807) is 0 Å². The summed E-state index contributed by atoms with van der Waals surface area (Å²) in [5.74, 6) is 0. The highest BCUT2D eigenvalue weighted by Crippen LogP contribution is 2.28. The Morgan fingerprint density at radius 2 is 2.22 bits per heavy atom. The maximum absolute atomic E-state index is 12.0. The lowest BCUT2D eigenvalue weighted by Crippen LogP contribution is -2.35. The summed E-state index contributed by atoms with van der Waals surface area (Å²) in [6.45, 7) is 1.78. The summed E-state index contributed by atoms with van der Waals surface area (Å²) in [5.41, 5.74) is 1.02. The molecule has 0 saturated carbocycles. The number of carbonyl (C=O) groups excluding carboxylic acids is 1. The number of rotatable bonds is 2. The number of nitrogens with zero attached hydrogens (tertiary/aromatic N) is 1. The van der Waals surface area contributed by atoms with Crippen LogP contribution in [-0.2, 0) is 16.1 Å². The zero-order valence-corrected chi connectivity index (χ0v) is 10.2. The van der Waals surface area contributed by atoms with E-state index < -0.39 is 0 Å². The van der Waals surface area contributed by atoms with Crippen molar-refractivity contribution in [2.45, 2.75) is 31.6 Å². The van der Waals surface area contributed by atoms with E-state index in [0.29, 0.717) is 19.2 Å². The van der Waals surface area contributed by atoms with Crippen molar-refractivity contribution >= 4 is 6.09 Å². The number of benzene rings is 1. The summed E-state index contributed by atoms with van der Waals surface area (Å²) in [5, 5.41) is 0. The number of hydrogen-bond donors (Lipinski definition) is 0. The molecular weight excluding hydrogens is 230 g/mol. The third-order valence-corrected chi connectivity index (χ3v) is 3.62. The Morgan fingerprint density at radius 3 is 3.00 bits per heavy atom. The Kier molecular flexibility index (Phi) is 3.19. The molecule has 18 heavy (non-hydrogen) atoms. The van der Waals surface area contributed by atoms with Crippen LogP contribution in [0.15, 0.2) is 30.3 Å². The lowest BCUT2D eigenvalue weighted by atomic mass is 10.1. The summed E-state index contributed by atoms with van der Waals surface area (Å²) >= 11 is 0. The standard InChI is InChI=1S/C14H17NO3/c16-14(18-10-11-4-2-1-3-5-11)15-9-13-8-12(15)6-7-17-13/h1-5,12-13H,6-10H2/t12-,13+/m0/s1. The second kappa shape index (κ2) is 4.98. The number of likely N-dealkylation sites (tertiary alicyclic amines) is 1. The third-order valence-electron chi connectivity index (χ3n) is 3.62. The molecule has 2 bridgehead atoms. The molecule has 2 saturated heterocycles. The van der Waals surface area contributed by atoms with Crippen LogP contribution in [-0.4, -0.2) is 36.3 Å². The molecule has 2 heterocycles. The van der Waals surface area contributed by atoms with Crippen molar-refractivity contribution in [1.29, 1.82) is 0 Å². The normalized spacial score (nSPS) is 26.1. The fraction of sp³-hybridized carbons (Fsp3) is 0.500. The van der Waals surface area contributed by atoms with Gasteiger partial charge in [0.1, 0.15) is 6.61 Å². The van der Waals surface area contributed by atoms with Crippen molar-refractivity contribution in [3.63, 3.8) is 0 Å². The minimum Gasteiger partial charge on any atom is -0.445 e. The smallest absolute Gasteiger partial charge is 0.410 e. The Morgan fingerprint density at radius 1 is 1.39 bits per heavy atom. The van der Waals surface area contributed by atoms with Crippen molar-refractivity contribution in [1.82, 2.24) is 4.90 Å². The van der Waals surface area contributed by atoms with Crippen LogP contribution in [0.1, 0.15) is 18.4 Å². The van der Waals surface area contributed by atoms with Crippen LogP contribution in [0.4, 0.5) is 4.79 Å². The predicted octanol–water partition coefficient (Wildman–Crippen LogP) is 2.19. The number of fused-ring (bicyclic) bond motifs is 2. The highest BCUT2D eigenvalue weighted by Gasteiger charge is 2.39. The first-order chi connectivity index (χ1) is 8.83. The van der Waals surface area contributed by atoms with Gasteiger partial charge in [-0.15, -0.1) is 0 Å². The maximum atomic E-state index is 12.0. The Bertz CT molecular complexity index is 420. The predicted molar refractivity (Wildman–Crippen MR) is 66.1 cm³/mol. The zero-order valence-electron chi connectivity index (χ0n) is 10.2. The van der Waals surface area contributed by atoms with Crippen LogP contribution in [0.25, 0.3) is 0 Å². The summed E-state index contributed by atoms with van der Waals surface area (Å²) in [6.07, 6.45) is 1.89. The molecular formula is C14H17NO3. The van der Waals surface area contributed by atoms with Crippen LogP contribution in [0.3, 0.4) is 0 Å². The molecule has 0 aromatic heterocycles. The molecule has 2 aliphatic rings. The second-order valence-corrected chi connectivity index (χ2v) is 4.86. The fourth-order valence-electron chi connectivity index (χ4n) is 2.66. The molecule has 0 unspecified atom stereocenters. The number of carbonyl (C=O) groups is 1. The van der Waals surface area contributed by atoms with E-state index in [2.05, 4.69) is 0 Å². The topological polar surface area (TPSA) is 38.8 Å². The summed E-state index contributed by atoms with van der Waals surface area (Å²) < 4.78 is 10.9. The van der Waals surface area contributed by atoms with Crippen molar-refractivity contribution in [3.05, 3.63) is 35.9 Å². The van der Waals surface area contributed by atoms with Crippen molar-refractivity contribution in [3.8, 4) is 0 Å². The first kappa shape index (κ1) is 11.5. The van der Waals surface area contributed by atoms with E-state index in [0.717, 1.165) is 25.0 Å². The molecule has 4 nitrogen and oxygen atoms in total. The van der Waals surface area contributed by atoms with Gasteiger partial charge in [0, 0.05) is 12.6 Å². The number of hydrogen-bond acceptors (Lipinski definition) is 3. The molecule has 0 aliphatic carbocycles. The molecule has 0 N–H and O–H groups in total. The van der Waals surface area contributed by atoms with Crippen molar-refractivity contribution < 1.29 is 14.3 Å². The minimum atomic E-state index is -0.211. The van der Waals surface area contributed by atoms with Gasteiger partial charge in [-0.25, -0.2) is 4.79 Å². The molecule has 1 amide bonds. The lowest BCUT2D eigenvalue weighted by Gasteiger charge is -2.23. The molecule has 3 rings (SSSR count). The molecule has 2 atom stereocenters. The van der Waals surface area contributed by atoms with Gasteiger partial charge < -0.3 is 14.4 Å². The van der Waals surface area contributed by atoms with Gasteiger partial charge in [-0.1, -0.05) is 30.3 Å². The Balaban J connectivity index is 1.56. The molecule has 2 fully saturated rings. The molecule has 2 aliphatic heterocycles. The van der Waals surface area contributed by atoms with Gasteiger partial charge >= 0.3 is 6.09 Å². The second-order valence-electron chi connectivity index (χ2n) is 4.86. The summed E-state index contributed by atoms with van der Waals surface area (Å²) in [4.78, 5) is 13.8. The average molecular weight is 247 g/mol. The number of ether oxygens (including phenoxy) is 2. The van der Waals surface area contributed by atoms with Gasteiger partial charge in [-0.05, 0) is 18.4 Å². The summed E-state index contributed by atoms with van der Waals surface area (Å²) in [6, 6.07) is 10.1. The van der Waals surface area contributed by atoms with Gasteiger partial charge in [0.25, 0.3) is 0 Å². The minimum absolute atomic E-state index is 0.211. The monoisotopic (exact) mass is 247 g/mol. The van der Waals surface area contributed by atoms with Gasteiger partial charge in [0.05, 0.1) is 12.6 Å². The van der Waals surface area contributed by atoms with Crippen LogP contribution >= 0.6 is 0 Å². The van der Waals surface area contributed by atoms with Gasteiger partial charge in [-0.2, -0.15) is 0 Å². The first-order valence-corrected chi connectivity index (χ1v) is 6.42. The molecule has 96 valence electrons. The largest absolute Gasteiger partial charge is 0.445 e. The SMILES string of the molecule is O=C(OCc1ccccc1)N1C[C@H]2C[C@@H]1CCO2. The fourth-order valence-corrected chi connectivity index (χ4v) is 2.66. The molecule has 1 aromatic carbocycles. The molecule has 0 spiro atoms. The molecule has 4 heteroatoms. The highest BCUT2D eigenvalue weighted by molar-refractivity contribution is 5.68. The van der Waals surface area contributed by atoms with E-state index in [1.165, 1.54) is 0 Å². The van der Waals surface area contributed by atoms with E-state index in [9.17, 15) is 4.79 Å². The zero-order chi connectivity index (χ0) is 12.4. The van der Waals surface area contributed by atoms with Crippen LogP contribution in [0.2, 0.25) is 0 Å². The molecule has 0 radical (unpaired) electrons. The van der Waals surface area contributed by atoms with E-state index in [1.807, 2.05) is 35.2 Å². The van der Waals surface area contributed by atoms with Gasteiger partial charge in [0.15, 0.2) is 0 Å². The van der Waals surface area contributed by atoms with Crippen LogP contribution in [0.5, 0.6) is 0 Å². The molecule has 1 aromatic rings. The lowest BCUT2D eigenvalue weighted by molar-refractivity contribution is 0.0418.